The molecule has 0 spiro atoms. The van der Waals surface area contributed by atoms with E-state index in [0.29, 0.717) is 6.42 Å². The van der Waals surface area contributed by atoms with E-state index in [4.69, 9.17) is 4.74 Å². The summed E-state index contributed by atoms with van der Waals surface area (Å²) in [6.07, 6.45) is 54.2. The van der Waals surface area contributed by atoms with Gasteiger partial charge in [0.25, 0.3) is 0 Å². The molecule has 268 valence electrons. The number of rotatable bonds is 36. The van der Waals surface area contributed by atoms with E-state index in [-0.39, 0.29) is 12.1 Å². The molecule has 0 saturated heterocycles. The monoisotopic (exact) mass is 642 g/mol. The van der Waals surface area contributed by atoms with Crippen molar-refractivity contribution in [1.29, 1.82) is 0 Å². The van der Waals surface area contributed by atoms with Crippen molar-refractivity contribution in [3.05, 3.63) is 48.6 Å². The molecule has 0 aliphatic heterocycles. The second-order valence-corrected chi connectivity index (χ2v) is 13.4. The maximum Gasteiger partial charge on any atom is 0.306 e. The summed E-state index contributed by atoms with van der Waals surface area (Å²) in [5.41, 5.74) is 0. The van der Waals surface area contributed by atoms with E-state index in [1.807, 2.05) is 7.05 Å². The SMILES string of the molecule is CCCCC/C=C\C/C=C\CCCCCCCCC(CCCCCCCC/C=C\C/C=C\CCCCCC)OC(=O)CCCNC. The van der Waals surface area contributed by atoms with Gasteiger partial charge in [-0.3, -0.25) is 4.79 Å². The topological polar surface area (TPSA) is 38.3 Å². The molecule has 0 heterocycles. The minimum Gasteiger partial charge on any atom is -0.462 e. The standard InChI is InChI=1S/C43H79NO2/c1-4-6-8-10-12-14-16-18-20-22-24-26-28-30-32-34-36-39-42(46-43(45)40-37-41-44-3)38-35-33-31-29-27-25-23-21-19-17-15-13-11-9-7-5-2/h13-16,19-22,42,44H,4-12,17-18,23-41H2,1-3H3/b15-13-,16-14-,21-19-,22-20-. The van der Waals surface area contributed by atoms with Crippen molar-refractivity contribution < 1.29 is 9.53 Å². The highest BCUT2D eigenvalue weighted by atomic mass is 16.5. The Kier molecular flexibility index (Phi) is 38.2. The van der Waals surface area contributed by atoms with Crippen LogP contribution in [0.2, 0.25) is 0 Å². The Morgan fingerprint density at radius 2 is 0.870 bits per heavy atom. The Bertz CT molecular complexity index is 722. The zero-order valence-electron chi connectivity index (χ0n) is 31.2. The fourth-order valence-electron chi connectivity index (χ4n) is 5.81. The van der Waals surface area contributed by atoms with Crippen LogP contribution in [0, 0.1) is 0 Å². The summed E-state index contributed by atoms with van der Waals surface area (Å²) in [4.78, 5) is 12.4. The zero-order valence-corrected chi connectivity index (χ0v) is 31.2. The molecule has 0 aromatic heterocycles. The average Bonchev–Trinajstić information content (AvgIpc) is 3.05. The highest BCUT2D eigenvalue weighted by Crippen LogP contribution is 2.18. The Labute approximate surface area is 288 Å². The fourth-order valence-corrected chi connectivity index (χ4v) is 5.81. The quantitative estimate of drug-likeness (QED) is 0.0420. The van der Waals surface area contributed by atoms with Crippen LogP contribution < -0.4 is 5.32 Å². The lowest BCUT2D eigenvalue weighted by molar-refractivity contribution is -0.150. The molecule has 0 amide bonds. The first-order chi connectivity index (χ1) is 22.7. The summed E-state index contributed by atoms with van der Waals surface area (Å²) in [7, 11) is 1.94. The first kappa shape index (κ1) is 44.4. The van der Waals surface area contributed by atoms with Crippen LogP contribution in [0.25, 0.3) is 0 Å². The van der Waals surface area contributed by atoms with Crippen LogP contribution in [0.1, 0.15) is 200 Å². The van der Waals surface area contributed by atoms with E-state index in [1.54, 1.807) is 0 Å². The molecule has 46 heavy (non-hydrogen) atoms. The third kappa shape index (κ3) is 36.9. The lowest BCUT2D eigenvalue weighted by Gasteiger charge is -2.18. The van der Waals surface area contributed by atoms with Gasteiger partial charge in [0.05, 0.1) is 0 Å². The third-order valence-corrected chi connectivity index (χ3v) is 8.81. The van der Waals surface area contributed by atoms with Crippen molar-refractivity contribution in [2.45, 2.75) is 206 Å². The first-order valence-electron chi connectivity index (χ1n) is 20.2. The van der Waals surface area contributed by atoms with Gasteiger partial charge in [0.2, 0.25) is 0 Å². The summed E-state index contributed by atoms with van der Waals surface area (Å²) in [6, 6.07) is 0. The number of esters is 1. The van der Waals surface area contributed by atoms with Crippen LogP contribution in [-0.2, 0) is 9.53 Å². The highest BCUT2D eigenvalue weighted by molar-refractivity contribution is 5.69. The normalized spacial score (nSPS) is 12.8. The minimum atomic E-state index is -0.00388. The van der Waals surface area contributed by atoms with Gasteiger partial charge < -0.3 is 10.1 Å². The maximum absolute atomic E-state index is 12.4. The minimum absolute atomic E-state index is 0.00388. The van der Waals surface area contributed by atoms with Gasteiger partial charge in [-0.1, -0.05) is 146 Å². The molecule has 0 saturated carbocycles. The number of hydrogen-bond acceptors (Lipinski definition) is 3. The van der Waals surface area contributed by atoms with Crippen LogP contribution in [0.4, 0.5) is 0 Å². The molecule has 1 atom stereocenters. The average molecular weight is 642 g/mol. The van der Waals surface area contributed by atoms with Gasteiger partial charge >= 0.3 is 5.97 Å². The van der Waals surface area contributed by atoms with Gasteiger partial charge in [0.15, 0.2) is 0 Å². The Morgan fingerprint density at radius 1 is 0.500 bits per heavy atom. The summed E-state index contributed by atoms with van der Waals surface area (Å²) in [5, 5.41) is 3.13. The molecule has 0 aromatic carbocycles. The summed E-state index contributed by atoms with van der Waals surface area (Å²) in [6.45, 7) is 5.40. The van der Waals surface area contributed by atoms with Crippen LogP contribution in [0.3, 0.4) is 0 Å². The number of carbonyl (C=O) groups is 1. The summed E-state index contributed by atoms with van der Waals surface area (Å²) >= 11 is 0. The molecule has 1 N–H and O–H groups in total. The van der Waals surface area contributed by atoms with Gasteiger partial charge in [-0.2, -0.15) is 0 Å². The molecular weight excluding hydrogens is 562 g/mol. The zero-order chi connectivity index (χ0) is 33.4. The van der Waals surface area contributed by atoms with E-state index < -0.39 is 0 Å². The van der Waals surface area contributed by atoms with E-state index in [9.17, 15) is 4.79 Å². The molecule has 3 heteroatoms. The second kappa shape index (κ2) is 39.6. The fraction of sp³-hybridized carbons (Fsp3) is 0.791. The Hall–Kier alpha value is -1.61. The molecule has 0 aromatic rings. The van der Waals surface area contributed by atoms with Crippen LogP contribution >= 0.6 is 0 Å². The van der Waals surface area contributed by atoms with Crippen molar-refractivity contribution in [3.63, 3.8) is 0 Å². The van der Waals surface area contributed by atoms with Crippen LogP contribution in [0.15, 0.2) is 48.6 Å². The smallest absolute Gasteiger partial charge is 0.306 e. The predicted octanol–water partition coefficient (Wildman–Crippen LogP) is 13.7. The van der Waals surface area contributed by atoms with Crippen molar-refractivity contribution in [2.24, 2.45) is 0 Å². The molecule has 1 unspecified atom stereocenters. The number of ether oxygens (including phenoxy) is 1. The van der Waals surface area contributed by atoms with E-state index in [0.717, 1.165) is 38.6 Å². The van der Waals surface area contributed by atoms with E-state index >= 15 is 0 Å². The molecule has 3 nitrogen and oxygen atoms in total. The highest BCUT2D eigenvalue weighted by Gasteiger charge is 2.14. The van der Waals surface area contributed by atoms with Gasteiger partial charge in [-0.25, -0.2) is 0 Å². The second-order valence-electron chi connectivity index (χ2n) is 13.4. The van der Waals surface area contributed by atoms with Gasteiger partial charge in [-0.15, -0.1) is 0 Å². The maximum atomic E-state index is 12.4. The molecule has 0 radical (unpaired) electrons. The number of hydrogen-bond donors (Lipinski definition) is 1. The van der Waals surface area contributed by atoms with Gasteiger partial charge in [0.1, 0.15) is 6.10 Å². The molecule has 0 aliphatic rings. The Morgan fingerprint density at radius 3 is 1.30 bits per heavy atom. The van der Waals surface area contributed by atoms with Crippen molar-refractivity contribution >= 4 is 5.97 Å². The predicted molar refractivity (Wildman–Crippen MR) is 206 cm³/mol. The lowest BCUT2D eigenvalue weighted by Crippen LogP contribution is -2.19. The summed E-state index contributed by atoms with van der Waals surface area (Å²) in [5.74, 6) is -0.00388. The van der Waals surface area contributed by atoms with Gasteiger partial charge in [0, 0.05) is 6.42 Å². The number of carbonyl (C=O) groups excluding carboxylic acids is 1. The number of unbranched alkanes of at least 4 members (excludes halogenated alkanes) is 19. The van der Waals surface area contributed by atoms with Crippen molar-refractivity contribution in [3.8, 4) is 0 Å². The third-order valence-electron chi connectivity index (χ3n) is 8.81. The molecule has 0 fully saturated rings. The van der Waals surface area contributed by atoms with Gasteiger partial charge in [-0.05, 0) is 110 Å². The molecule has 0 bridgehead atoms. The Balaban J connectivity index is 3.94. The first-order valence-corrected chi connectivity index (χ1v) is 20.2. The number of allylic oxidation sites excluding steroid dienone is 8. The van der Waals surface area contributed by atoms with E-state index in [1.165, 1.54) is 148 Å². The number of nitrogens with one attached hydrogen (secondary N) is 1. The van der Waals surface area contributed by atoms with Crippen molar-refractivity contribution in [1.82, 2.24) is 5.32 Å². The largest absolute Gasteiger partial charge is 0.462 e. The lowest BCUT2D eigenvalue weighted by atomic mass is 10.0. The van der Waals surface area contributed by atoms with E-state index in [2.05, 4.69) is 67.8 Å². The van der Waals surface area contributed by atoms with Crippen LogP contribution in [-0.4, -0.2) is 25.7 Å². The molecular formula is C43H79NO2. The van der Waals surface area contributed by atoms with Crippen molar-refractivity contribution in [2.75, 3.05) is 13.6 Å². The summed E-state index contributed by atoms with van der Waals surface area (Å²) < 4.78 is 5.96. The molecule has 0 aliphatic carbocycles. The molecule has 0 rings (SSSR count). The van der Waals surface area contributed by atoms with Crippen LogP contribution in [0.5, 0.6) is 0 Å².